The van der Waals surface area contributed by atoms with Crippen LogP contribution in [0.1, 0.15) is 0 Å². The third kappa shape index (κ3) is 3.09. The summed E-state index contributed by atoms with van der Waals surface area (Å²) in [5.41, 5.74) is 3.23. The first-order chi connectivity index (χ1) is 8.65. The zero-order chi connectivity index (χ0) is 13.0. The van der Waals surface area contributed by atoms with Crippen molar-refractivity contribution >= 4 is 11.7 Å². The number of halogens is 2. The van der Waals surface area contributed by atoms with E-state index in [2.05, 4.69) is 15.5 Å². The number of nitrogens with one attached hydrogen (secondary N) is 2. The molecule has 0 spiro atoms. The zero-order valence-electron chi connectivity index (χ0n) is 9.27. The highest BCUT2D eigenvalue weighted by Gasteiger charge is 2.13. The van der Waals surface area contributed by atoms with E-state index in [9.17, 15) is 13.6 Å². The number of nitrogens with zero attached hydrogens (tertiary/aromatic N) is 1. The van der Waals surface area contributed by atoms with Crippen LogP contribution in [-0.2, 0) is 0 Å². The van der Waals surface area contributed by atoms with E-state index in [-0.39, 0.29) is 11.8 Å². The molecule has 0 aromatic heterocycles. The summed E-state index contributed by atoms with van der Waals surface area (Å²) < 4.78 is 28.0. The Balaban J connectivity index is 1.91. The average Bonchev–Trinajstić information content (AvgIpc) is 2.84. The Morgan fingerprint density at radius 1 is 1.39 bits per heavy atom. The Morgan fingerprint density at radius 3 is 2.67 bits per heavy atom. The van der Waals surface area contributed by atoms with Crippen LogP contribution in [0.5, 0.6) is 5.75 Å². The Kier molecular flexibility index (Phi) is 3.61. The molecule has 0 saturated carbocycles. The zero-order valence-corrected chi connectivity index (χ0v) is 9.27. The molecule has 1 aliphatic rings. The number of alkyl halides is 2. The number of carbonyl (C=O) groups excluding carboxylic acids is 1. The van der Waals surface area contributed by atoms with Gasteiger partial charge in [-0.1, -0.05) is 0 Å². The van der Waals surface area contributed by atoms with Gasteiger partial charge < -0.3 is 15.5 Å². The predicted octanol–water partition coefficient (Wildman–Crippen LogP) is 2.15. The minimum Gasteiger partial charge on any atom is -0.435 e. The highest BCUT2D eigenvalue weighted by atomic mass is 19.3. The van der Waals surface area contributed by atoms with Crippen LogP contribution in [0, 0.1) is 0 Å². The quantitative estimate of drug-likeness (QED) is 0.870. The maximum atomic E-state index is 11.9. The van der Waals surface area contributed by atoms with Gasteiger partial charge in [0, 0.05) is 11.9 Å². The smallest absolute Gasteiger partial charge is 0.387 e. The number of amides is 2. The molecule has 5 nitrogen and oxygen atoms in total. The highest BCUT2D eigenvalue weighted by Crippen LogP contribution is 2.17. The molecule has 0 atom stereocenters. The van der Waals surface area contributed by atoms with Crippen molar-refractivity contribution in [2.24, 2.45) is 0 Å². The van der Waals surface area contributed by atoms with Crippen LogP contribution in [-0.4, -0.2) is 24.2 Å². The van der Waals surface area contributed by atoms with Crippen molar-refractivity contribution in [3.63, 3.8) is 0 Å². The summed E-state index contributed by atoms with van der Waals surface area (Å²) in [6, 6.07) is 5.36. The largest absolute Gasteiger partial charge is 0.435 e. The molecule has 2 rings (SSSR count). The van der Waals surface area contributed by atoms with Gasteiger partial charge in [-0.2, -0.15) is 8.78 Å². The van der Waals surface area contributed by atoms with E-state index >= 15 is 0 Å². The number of hydrazine groups is 1. The Bertz CT molecular complexity index is 440. The molecule has 1 aromatic carbocycles. The second-order valence-corrected chi connectivity index (χ2v) is 3.48. The van der Waals surface area contributed by atoms with Crippen LogP contribution >= 0.6 is 0 Å². The number of rotatable bonds is 3. The summed E-state index contributed by atoms with van der Waals surface area (Å²) in [4.78, 5) is 11.6. The lowest BCUT2D eigenvalue weighted by Gasteiger charge is -2.17. The first kappa shape index (κ1) is 12.2. The molecule has 1 aromatic rings. The molecule has 0 radical (unpaired) electrons. The molecule has 0 bridgehead atoms. The van der Waals surface area contributed by atoms with Crippen molar-refractivity contribution in [1.82, 2.24) is 10.4 Å². The molecule has 1 aliphatic heterocycles. The number of carbonyl (C=O) groups is 1. The van der Waals surface area contributed by atoms with Crippen molar-refractivity contribution in [3.8, 4) is 5.75 Å². The van der Waals surface area contributed by atoms with Crippen LogP contribution < -0.4 is 15.5 Å². The molecule has 0 saturated heterocycles. The number of benzene rings is 1. The van der Waals surface area contributed by atoms with Gasteiger partial charge in [-0.05, 0) is 30.3 Å². The maximum Gasteiger partial charge on any atom is 0.387 e. The summed E-state index contributed by atoms with van der Waals surface area (Å²) in [7, 11) is 0. The number of hydrogen-bond donors (Lipinski definition) is 2. The summed E-state index contributed by atoms with van der Waals surface area (Å²) >= 11 is 0. The van der Waals surface area contributed by atoms with Crippen molar-refractivity contribution in [2.45, 2.75) is 6.61 Å². The number of ether oxygens (including phenoxy) is 1. The maximum absolute atomic E-state index is 11.9. The fourth-order valence-electron chi connectivity index (χ4n) is 1.41. The summed E-state index contributed by atoms with van der Waals surface area (Å²) in [5.74, 6) is 0.0453. The summed E-state index contributed by atoms with van der Waals surface area (Å²) in [6.07, 6.45) is 3.44. The molecule has 1 heterocycles. The fourth-order valence-corrected chi connectivity index (χ4v) is 1.41. The van der Waals surface area contributed by atoms with E-state index in [1.165, 1.54) is 29.3 Å². The van der Waals surface area contributed by atoms with Gasteiger partial charge in [-0.3, -0.25) is 0 Å². The second-order valence-electron chi connectivity index (χ2n) is 3.48. The Labute approximate surface area is 102 Å². The molecule has 2 amide bonds. The average molecular weight is 255 g/mol. The minimum atomic E-state index is -2.86. The lowest BCUT2D eigenvalue weighted by atomic mass is 10.3. The van der Waals surface area contributed by atoms with Gasteiger partial charge in [0.25, 0.3) is 0 Å². The third-order valence-electron chi connectivity index (χ3n) is 2.21. The molecule has 0 unspecified atom stereocenters. The summed E-state index contributed by atoms with van der Waals surface area (Å²) in [6.45, 7) is -2.39. The normalized spacial score (nSPS) is 13.6. The van der Waals surface area contributed by atoms with Crippen LogP contribution in [0.25, 0.3) is 0 Å². The van der Waals surface area contributed by atoms with Crippen LogP contribution in [0.15, 0.2) is 36.5 Å². The number of urea groups is 1. The molecule has 96 valence electrons. The lowest BCUT2D eigenvalue weighted by Crippen LogP contribution is -2.39. The van der Waals surface area contributed by atoms with Gasteiger partial charge in [-0.15, -0.1) is 0 Å². The predicted molar refractivity (Wildman–Crippen MR) is 61.1 cm³/mol. The third-order valence-corrected chi connectivity index (χ3v) is 2.21. The van der Waals surface area contributed by atoms with Crippen LogP contribution in [0.3, 0.4) is 0 Å². The Morgan fingerprint density at radius 2 is 2.11 bits per heavy atom. The van der Waals surface area contributed by atoms with Gasteiger partial charge >= 0.3 is 12.6 Å². The lowest BCUT2D eigenvalue weighted by molar-refractivity contribution is -0.0498. The minimum absolute atomic E-state index is 0.0453. The SMILES string of the molecule is O=C(Nc1ccc(OC(F)F)cc1)N1CC=CN1. The molecule has 18 heavy (non-hydrogen) atoms. The van der Waals surface area contributed by atoms with Crippen molar-refractivity contribution < 1.29 is 18.3 Å². The van der Waals surface area contributed by atoms with Gasteiger partial charge in [0.05, 0.1) is 6.54 Å². The van der Waals surface area contributed by atoms with E-state index < -0.39 is 6.61 Å². The monoisotopic (exact) mass is 255 g/mol. The van der Waals surface area contributed by atoms with E-state index in [1.807, 2.05) is 0 Å². The standard InChI is InChI=1S/C11H11F2N3O2/c12-10(13)18-9-4-2-8(3-5-9)15-11(17)16-7-1-6-14-16/h1-6,10,14H,7H2,(H,15,17). The van der Waals surface area contributed by atoms with Crippen LogP contribution in [0.2, 0.25) is 0 Å². The molecule has 0 fully saturated rings. The first-order valence-corrected chi connectivity index (χ1v) is 5.20. The second kappa shape index (κ2) is 5.35. The van der Waals surface area contributed by atoms with Crippen molar-refractivity contribution in [3.05, 3.63) is 36.5 Å². The van der Waals surface area contributed by atoms with E-state index in [4.69, 9.17) is 0 Å². The Hall–Kier alpha value is -2.31. The highest BCUT2D eigenvalue weighted by molar-refractivity contribution is 5.89. The van der Waals surface area contributed by atoms with Crippen molar-refractivity contribution in [2.75, 3.05) is 11.9 Å². The molecular formula is C11H11F2N3O2. The van der Waals surface area contributed by atoms with E-state index in [0.717, 1.165) is 0 Å². The number of anilines is 1. The molecular weight excluding hydrogens is 244 g/mol. The van der Waals surface area contributed by atoms with Gasteiger partial charge in [0.15, 0.2) is 0 Å². The van der Waals surface area contributed by atoms with Gasteiger partial charge in [0.1, 0.15) is 5.75 Å². The van der Waals surface area contributed by atoms with Crippen LogP contribution in [0.4, 0.5) is 19.3 Å². The fraction of sp³-hybridized carbons (Fsp3) is 0.182. The topological polar surface area (TPSA) is 53.6 Å². The first-order valence-electron chi connectivity index (χ1n) is 5.20. The molecule has 2 N–H and O–H groups in total. The molecule has 7 heteroatoms. The van der Waals surface area contributed by atoms with Crippen molar-refractivity contribution in [1.29, 1.82) is 0 Å². The van der Waals surface area contributed by atoms with E-state index in [1.54, 1.807) is 12.3 Å². The van der Waals surface area contributed by atoms with E-state index in [0.29, 0.717) is 12.2 Å². The number of hydrogen-bond acceptors (Lipinski definition) is 3. The molecule has 0 aliphatic carbocycles. The summed E-state index contributed by atoms with van der Waals surface area (Å²) in [5, 5.41) is 3.97. The van der Waals surface area contributed by atoms with Gasteiger partial charge in [-0.25, -0.2) is 9.80 Å². The van der Waals surface area contributed by atoms with Gasteiger partial charge in [0.2, 0.25) is 0 Å².